The van der Waals surface area contributed by atoms with E-state index in [-0.39, 0.29) is 5.56 Å². The summed E-state index contributed by atoms with van der Waals surface area (Å²) in [5.74, 6) is 2.04. The zero-order valence-corrected chi connectivity index (χ0v) is 17.3. The molecule has 152 valence electrons. The molecule has 8 heteroatoms. The number of pyridine rings is 1. The number of thiocarbonyl (C=S) groups is 1. The summed E-state index contributed by atoms with van der Waals surface area (Å²) >= 11 is 5.36. The van der Waals surface area contributed by atoms with E-state index in [1.807, 2.05) is 24.3 Å². The number of H-pyrrole nitrogens is 1. The summed E-state index contributed by atoms with van der Waals surface area (Å²) in [7, 11) is 4.78. The van der Waals surface area contributed by atoms with Gasteiger partial charge in [-0.05, 0) is 54.4 Å². The minimum atomic E-state index is -0.124. The van der Waals surface area contributed by atoms with E-state index in [4.69, 9.17) is 26.4 Å². The zero-order chi connectivity index (χ0) is 20.8. The highest BCUT2D eigenvalue weighted by atomic mass is 32.1. The second kappa shape index (κ2) is 9.29. The van der Waals surface area contributed by atoms with Gasteiger partial charge in [-0.25, -0.2) is 0 Å². The highest BCUT2D eigenvalue weighted by Gasteiger charge is 2.08. The lowest BCUT2D eigenvalue weighted by molar-refractivity contribution is 0.405. The maximum absolute atomic E-state index is 12.4. The predicted molar refractivity (Wildman–Crippen MR) is 119 cm³/mol. The highest BCUT2D eigenvalue weighted by Crippen LogP contribution is 2.28. The lowest BCUT2D eigenvalue weighted by Crippen LogP contribution is -2.31. The molecule has 1 aromatic heterocycles. The quantitative estimate of drug-likeness (QED) is 0.513. The van der Waals surface area contributed by atoms with E-state index < -0.39 is 0 Å². The van der Waals surface area contributed by atoms with Crippen LogP contribution in [0.2, 0.25) is 0 Å². The van der Waals surface area contributed by atoms with Gasteiger partial charge in [-0.3, -0.25) is 4.79 Å². The molecule has 7 nitrogen and oxygen atoms in total. The van der Waals surface area contributed by atoms with Crippen molar-refractivity contribution in [2.45, 2.75) is 6.42 Å². The molecule has 0 fully saturated rings. The van der Waals surface area contributed by atoms with Crippen molar-refractivity contribution in [3.63, 3.8) is 0 Å². The van der Waals surface area contributed by atoms with Gasteiger partial charge in [0, 0.05) is 24.2 Å². The van der Waals surface area contributed by atoms with E-state index in [1.54, 1.807) is 39.5 Å². The van der Waals surface area contributed by atoms with Gasteiger partial charge in [0.2, 0.25) is 0 Å². The van der Waals surface area contributed by atoms with Gasteiger partial charge in [0.05, 0.1) is 32.5 Å². The molecule has 3 rings (SSSR count). The molecular formula is C21H23N3O4S. The van der Waals surface area contributed by atoms with Crippen LogP contribution in [0.5, 0.6) is 17.2 Å². The van der Waals surface area contributed by atoms with Crippen molar-refractivity contribution in [2.75, 3.05) is 33.2 Å². The SMILES string of the molecule is COc1ccc(OC)c(NC(=S)NCCc2cc3ccc(OC)cc3[nH]c2=O)c1. The normalized spacial score (nSPS) is 10.4. The smallest absolute Gasteiger partial charge is 0.251 e. The van der Waals surface area contributed by atoms with Crippen LogP contribution in [-0.4, -0.2) is 38.0 Å². The molecule has 0 amide bonds. The molecular weight excluding hydrogens is 390 g/mol. The maximum atomic E-state index is 12.4. The summed E-state index contributed by atoms with van der Waals surface area (Å²) in [4.78, 5) is 15.2. The Morgan fingerprint density at radius 2 is 1.72 bits per heavy atom. The molecule has 0 radical (unpaired) electrons. The number of aromatic amines is 1. The van der Waals surface area contributed by atoms with Crippen molar-refractivity contribution in [2.24, 2.45) is 0 Å². The molecule has 0 aliphatic carbocycles. The van der Waals surface area contributed by atoms with Gasteiger partial charge in [0.25, 0.3) is 5.56 Å². The summed E-state index contributed by atoms with van der Waals surface area (Å²) in [6.07, 6.45) is 0.522. The molecule has 2 aromatic carbocycles. The summed E-state index contributed by atoms with van der Waals surface area (Å²) in [5.41, 5.74) is 1.99. The predicted octanol–water partition coefficient (Wildman–Crippen LogP) is 3.08. The molecule has 3 N–H and O–H groups in total. The number of methoxy groups -OCH3 is 3. The Bertz CT molecular complexity index is 1080. The summed E-state index contributed by atoms with van der Waals surface area (Å²) in [6, 6.07) is 12.9. The maximum Gasteiger partial charge on any atom is 0.251 e. The van der Waals surface area contributed by atoms with Gasteiger partial charge in [-0.2, -0.15) is 0 Å². The largest absolute Gasteiger partial charge is 0.497 e. The number of anilines is 1. The van der Waals surface area contributed by atoms with E-state index in [0.717, 1.165) is 10.9 Å². The Balaban J connectivity index is 1.63. The Hall–Kier alpha value is -3.26. The number of aromatic nitrogens is 1. The molecule has 0 saturated carbocycles. The van der Waals surface area contributed by atoms with E-state index in [0.29, 0.717) is 46.6 Å². The van der Waals surface area contributed by atoms with Gasteiger partial charge in [-0.15, -0.1) is 0 Å². The molecule has 1 heterocycles. The molecule has 0 saturated heterocycles. The monoisotopic (exact) mass is 413 g/mol. The fourth-order valence-electron chi connectivity index (χ4n) is 2.93. The second-order valence-electron chi connectivity index (χ2n) is 6.27. The first-order valence-electron chi connectivity index (χ1n) is 9.01. The van der Waals surface area contributed by atoms with Crippen molar-refractivity contribution < 1.29 is 14.2 Å². The Morgan fingerprint density at radius 3 is 2.45 bits per heavy atom. The number of rotatable bonds is 7. The average Bonchev–Trinajstić information content (AvgIpc) is 2.73. The van der Waals surface area contributed by atoms with Gasteiger partial charge in [0.1, 0.15) is 17.2 Å². The van der Waals surface area contributed by atoms with E-state index in [1.165, 1.54) is 0 Å². The number of fused-ring (bicyclic) bond motifs is 1. The third kappa shape index (κ3) is 4.97. The number of nitrogens with one attached hydrogen (secondary N) is 3. The molecule has 0 aliphatic rings. The minimum Gasteiger partial charge on any atom is -0.497 e. The van der Waals surface area contributed by atoms with Crippen LogP contribution in [0.4, 0.5) is 5.69 Å². The minimum absolute atomic E-state index is 0.124. The summed E-state index contributed by atoms with van der Waals surface area (Å²) in [5, 5.41) is 7.58. The van der Waals surface area contributed by atoms with Crippen LogP contribution >= 0.6 is 12.2 Å². The second-order valence-corrected chi connectivity index (χ2v) is 6.68. The van der Waals surface area contributed by atoms with Crippen LogP contribution in [0.15, 0.2) is 47.3 Å². The van der Waals surface area contributed by atoms with Crippen molar-refractivity contribution in [1.29, 1.82) is 0 Å². The first-order valence-corrected chi connectivity index (χ1v) is 9.41. The molecule has 29 heavy (non-hydrogen) atoms. The third-order valence-corrected chi connectivity index (χ3v) is 4.71. The van der Waals surface area contributed by atoms with Gasteiger partial charge < -0.3 is 29.8 Å². The Labute approximate surface area is 174 Å². The van der Waals surface area contributed by atoms with E-state index in [2.05, 4.69) is 15.6 Å². The van der Waals surface area contributed by atoms with Crippen LogP contribution in [0, 0.1) is 0 Å². The standard InChI is InChI=1S/C21H23N3O4S/c1-26-15-5-4-13-10-14(20(25)23-17(13)11-15)8-9-22-21(29)24-18-12-16(27-2)6-7-19(18)28-3/h4-7,10-12H,8-9H2,1-3H3,(H,23,25)(H2,22,24,29). The number of hydrogen-bond donors (Lipinski definition) is 3. The first kappa shape index (κ1) is 20.5. The number of ether oxygens (including phenoxy) is 3. The lowest BCUT2D eigenvalue weighted by atomic mass is 10.1. The van der Waals surface area contributed by atoms with Crippen molar-refractivity contribution >= 4 is 33.9 Å². The summed E-state index contributed by atoms with van der Waals surface area (Å²) < 4.78 is 15.8. The Morgan fingerprint density at radius 1 is 1.00 bits per heavy atom. The molecule has 0 unspecified atom stereocenters. The van der Waals surface area contributed by atoms with Gasteiger partial charge in [0.15, 0.2) is 5.11 Å². The fourth-order valence-corrected chi connectivity index (χ4v) is 3.14. The number of benzene rings is 2. The Kier molecular flexibility index (Phi) is 6.56. The van der Waals surface area contributed by atoms with Crippen LogP contribution < -0.4 is 30.4 Å². The molecule has 0 spiro atoms. The number of hydrogen-bond acceptors (Lipinski definition) is 5. The molecule has 0 aliphatic heterocycles. The van der Waals surface area contributed by atoms with E-state index >= 15 is 0 Å². The first-order chi connectivity index (χ1) is 14.0. The van der Waals surface area contributed by atoms with Gasteiger partial charge >= 0.3 is 0 Å². The van der Waals surface area contributed by atoms with Crippen molar-refractivity contribution in [3.8, 4) is 17.2 Å². The van der Waals surface area contributed by atoms with E-state index in [9.17, 15) is 4.79 Å². The average molecular weight is 413 g/mol. The fraction of sp³-hybridized carbons (Fsp3) is 0.238. The topological polar surface area (TPSA) is 84.6 Å². The van der Waals surface area contributed by atoms with Crippen LogP contribution in [0.3, 0.4) is 0 Å². The lowest BCUT2D eigenvalue weighted by Gasteiger charge is -2.14. The van der Waals surface area contributed by atoms with Gasteiger partial charge in [-0.1, -0.05) is 0 Å². The zero-order valence-electron chi connectivity index (χ0n) is 16.5. The van der Waals surface area contributed by atoms with Crippen LogP contribution in [-0.2, 0) is 6.42 Å². The van der Waals surface area contributed by atoms with Crippen molar-refractivity contribution in [3.05, 3.63) is 58.4 Å². The molecule has 0 bridgehead atoms. The molecule has 0 atom stereocenters. The highest BCUT2D eigenvalue weighted by molar-refractivity contribution is 7.80. The van der Waals surface area contributed by atoms with Crippen LogP contribution in [0.25, 0.3) is 10.9 Å². The third-order valence-electron chi connectivity index (χ3n) is 4.46. The molecule has 3 aromatic rings. The summed E-state index contributed by atoms with van der Waals surface area (Å²) in [6.45, 7) is 0.503. The van der Waals surface area contributed by atoms with Crippen molar-refractivity contribution in [1.82, 2.24) is 10.3 Å². The van der Waals surface area contributed by atoms with Crippen LogP contribution in [0.1, 0.15) is 5.56 Å².